The second-order valence-corrected chi connectivity index (χ2v) is 4.14. The molecule has 0 amide bonds. The van der Waals surface area contributed by atoms with E-state index in [2.05, 4.69) is 5.10 Å². The maximum atomic E-state index is 11.9. The molecule has 6 nitrogen and oxygen atoms in total. The number of nitro groups is 1. The lowest BCUT2D eigenvalue weighted by atomic mass is 10.1. The first-order chi connectivity index (χ1) is 9.06. The zero-order chi connectivity index (χ0) is 13.8. The average Bonchev–Trinajstić information content (AvgIpc) is 2.39. The normalized spacial score (nSPS) is 9.65. The van der Waals surface area contributed by atoms with Gasteiger partial charge in [-0.15, -0.1) is 0 Å². The van der Waals surface area contributed by atoms with E-state index in [0.717, 1.165) is 0 Å². The second-order valence-electron chi connectivity index (χ2n) is 3.76. The fraction of sp³-hybridized carbons (Fsp3) is 0.0833. The molecule has 0 spiro atoms. The van der Waals surface area contributed by atoms with Crippen molar-refractivity contribution in [3.8, 4) is 0 Å². The molecule has 0 radical (unpaired) electrons. The van der Waals surface area contributed by atoms with Crippen molar-refractivity contribution in [2.75, 3.05) is 0 Å². The number of nitrogens with zero attached hydrogens (tertiary/aromatic N) is 3. The van der Waals surface area contributed by atoms with Gasteiger partial charge in [-0.2, -0.15) is 0 Å². The lowest BCUT2D eigenvalue weighted by Gasteiger charge is -1.97. The van der Waals surface area contributed by atoms with Gasteiger partial charge in [0.1, 0.15) is 0 Å². The molecule has 0 saturated heterocycles. The zero-order valence-electron chi connectivity index (χ0n) is 10.1. The van der Waals surface area contributed by atoms with Crippen LogP contribution in [-0.2, 0) is 6.54 Å². The molecule has 8 heteroatoms. The Hall–Kier alpha value is -2.05. The fourth-order valence-corrected chi connectivity index (χ4v) is 1.68. The highest BCUT2D eigenvalue weighted by Gasteiger charge is 2.15. The number of rotatable bonds is 4. The average molecular weight is 314 g/mol. The van der Waals surface area contributed by atoms with Gasteiger partial charge in [-0.25, -0.2) is 0 Å². The molecule has 2 rings (SSSR count). The van der Waals surface area contributed by atoms with Crippen LogP contribution in [0.2, 0.25) is 5.15 Å². The van der Waals surface area contributed by atoms with Crippen LogP contribution in [0.4, 0.5) is 5.69 Å². The molecule has 0 aliphatic heterocycles. The molecule has 104 valence electrons. The van der Waals surface area contributed by atoms with Gasteiger partial charge in [-0.05, 0) is 18.2 Å². The number of carbonyl (C=O) groups is 1. The summed E-state index contributed by atoms with van der Waals surface area (Å²) < 4.78 is 1.41. The summed E-state index contributed by atoms with van der Waals surface area (Å²) in [6.45, 7) is 0.0262. The first-order valence-electron chi connectivity index (χ1n) is 5.36. The van der Waals surface area contributed by atoms with Gasteiger partial charge in [-0.1, -0.05) is 16.3 Å². The van der Waals surface area contributed by atoms with Gasteiger partial charge in [0.05, 0.1) is 4.92 Å². The van der Waals surface area contributed by atoms with E-state index in [1.807, 2.05) is 0 Å². The molecular weight excluding hydrogens is 305 g/mol. The van der Waals surface area contributed by atoms with Crippen molar-refractivity contribution in [3.63, 3.8) is 0 Å². The summed E-state index contributed by atoms with van der Waals surface area (Å²) in [5.41, 5.74) is 0.338. The minimum Gasteiger partial charge on any atom is -1.00 e. The van der Waals surface area contributed by atoms with E-state index in [1.165, 1.54) is 28.9 Å². The Morgan fingerprint density at radius 3 is 2.50 bits per heavy atom. The maximum Gasteiger partial charge on any atom is 0.269 e. The predicted octanol–water partition coefficient (Wildman–Crippen LogP) is -1.18. The number of nitro benzene ring substituents is 1. The van der Waals surface area contributed by atoms with Gasteiger partial charge in [0.25, 0.3) is 5.69 Å². The third-order valence-electron chi connectivity index (χ3n) is 2.42. The number of non-ortho nitro benzene ring substituents is 1. The highest BCUT2D eigenvalue weighted by atomic mass is 35.5. The van der Waals surface area contributed by atoms with Crippen molar-refractivity contribution >= 4 is 23.1 Å². The van der Waals surface area contributed by atoms with E-state index < -0.39 is 4.92 Å². The smallest absolute Gasteiger partial charge is 0.269 e. The number of benzene rings is 1. The Kier molecular flexibility index (Phi) is 5.54. The van der Waals surface area contributed by atoms with Gasteiger partial charge < -0.3 is 12.4 Å². The van der Waals surface area contributed by atoms with Crippen molar-refractivity contribution in [2.24, 2.45) is 0 Å². The van der Waals surface area contributed by atoms with Crippen molar-refractivity contribution in [1.82, 2.24) is 5.10 Å². The fourth-order valence-electron chi connectivity index (χ4n) is 1.51. The van der Waals surface area contributed by atoms with Crippen LogP contribution in [0, 0.1) is 10.1 Å². The highest BCUT2D eigenvalue weighted by molar-refractivity contribution is 6.29. The monoisotopic (exact) mass is 313 g/mol. The Bertz CT molecular complexity index is 632. The van der Waals surface area contributed by atoms with Gasteiger partial charge in [-0.3, -0.25) is 14.9 Å². The number of aromatic nitrogens is 2. The molecule has 0 saturated carbocycles. The Labute approximate surface area is 125 Å². The van der Waals surface area contributed by atoms with Gasteiger partial charge >= 0.3 is 0 Å². The number of ketones is 1. The number of carbonyl (C=O) groups excluding carboxylic acids is 1. The predicted molar refractivity (Wildman–Crippen MR) is 66.9 cm³/mol. The Morgan fingerprint density at radius 1 is 1.30 bits per heavy atom. The van der Waals surface area contributed by atoms with Crippen LogP contribution >= 0.6 is 11.6 Å². The Morgan fingerprint density at radius 2 is 1.95 bits per heavy atom. The molecule has 1 aromatic carbocycles. The molecular formula is C12H9Cl2N3O3. The van der Waals surface area contributed by atoms with E-state index in [9.17, 15) is 14.9 Å². The third kappa shape index (κ3) is 3.97. The van der Waals surface area contributed by atoms with E-state index >= 15 is 0 Å². The molecule has 0 aliphatic carbocycles. The second kappa shape index (κ2) is 6.93. The van der Waals surface area contributed by atoms with E-state index in [1.54, 1.807) is 18.3 Å². The lowest BCUT2D eigenvalue weighted by molar-refractivity contribution is -0.741. The molecule has 0 bridgehead atoms. The summed E-state index contributed by atoms with van der Waals surface area (Å²) in [6, 6.07) is 8.72. The summed E-state index contributed by atoms with van der Waals surface area (Å²) in [5.74, 6) is -0.199. The van der Waals surface area contributed by atoms with Crippen LogP contribution < -0.4 is 17.1 Å². The van der Waals surface area contributed by atoms with Crippen molar-refractivity contribution < 1.29 is 26.8 Å². The van der Waals surface area contributed by atoms with Crippen LogP contribution in [0.3, 0.4) is 0 Å². The minimum atomic E-state index is -0.512. The first-order valence-corrected chi connectivity index (χ1v) is 5.74. The van der Waals surface area contributed by atoms with E-state index in [0.29, 0.717) is 10.7 Å². The zero-order valence-corrected chi connectivity index (χ0v) is 11.6. The highest BCUT2D eigenvalue weighted by Crippen LogP contribution is 2.12. The summed E-state index contributed by atoms with van der Waals surface area (Å²) >= 11 is 5.71. The van der Waals surface area contributed by atoms with Crippen molar-refractivity contribution in [3.05, 3.63) is 63.4 Å². The molecule has 1 aromatic heterocycles. The molecule has 1 heterocycles. The quantitative estimate of drug-likeness (QED) is 0.308. The van der Waals surface area contributed by atoms with Crippen LogP contribution in [-0.4, -0.2) is 15.8 Å². The van der Waals surface area contributed by atoms with E-state index in [-0.39, 0.29) is 30.4 Å². The Balaban J connectivity index is 0.00000200. The molecule has 0 unspecified atom stereocenters. The van der Waals surface area contributed by atoms with Crippen molar-refractivity contribution in [1.29, 1.82) is 0 Å². The maximum absolute atomic E-state index is 11.9. The third-order valence-corrected chi connectivity index (χ3v) is 2.62. The molecule has 0 aliphatic rings. The number of hydrogen-bond acceptors (Lipinski definition) is 4. The number of hydrogen-bond donors (Lipinski definition) is 0. The van der Waals surface area contributed by atoms with Crippen molar-refractivity contribution in [2.45, 2.75) is 6.54 Å². The van der Waals surface area contributed by atoms with E-state index in [4.69, 9.17) is 11.6 Å². The number of Topliss-reactive ketones (excluding diaryl/α,β-unsaturated/α-hetero) is 1. The van der Waals surface area contributed by atoms with Gasteiger partial charge in [0.2, 0.25) is 12.3 Å². The van der Waals surface area contributed by atoms with Crippen LogP contribution in [0.25, 0.3) is 0 Å². The summed E-state index contributed by atoms with van der Waals surface area (Å²) in [5, 5.41) is 14.7. The topological polar surface area (TPSA) is 77.0 Å². The summed E-state index contributed by atoms with van der Waals surface area (Å²) in [6.07, 6.45) is 1.62. The molecule has 0 atom stereocenters. The lowest BCUT2D eigenvalue weighted by Crippen LogP contribution is -3.00. The largest absolute Gasteiger partial charge is 1.00 e. The molecule has 20 heavy (non-hydrogen) atoms. The van der Waals surface area contributed by atoms with Gasteiger partial charge in [0.15, 0.2) is 11.3 Å². The van der Waals surface area contributed by atoms with Crippen LogP contribution in [0.1, 0.15) is 10.4 Å². The SMILES string of the molecule is O=C(C[n+]1cccc(Cl)n1)c1ccc([N+](=O)[O-])cc1.[Cl-]. The standard InChI is InChI=1S/C12H9ClN3O3.ClH/c13-12-2-1-7-15(14-12)8-11(17)9-3-5-10(6-4-9)16(18)19;/h1-7H,8H2;1H/q+1;/p-1. The van der Waals surface area contributed by atoms with Crippen LogP contribution in [0.5, 0.6) is 0 Å². The van der Waals surface area contributed by atoms with Gasteiger partial charge in [0, 0.05) is 28.9 Å². The summed E-state index contributed by atoms with van der Waals surface area (Å²) in [4.78, 5) is 21.9. The van der Waals surface area contributed by atoms with Crippen LogP contribution in [0.15, 0.2) is 42.6 Å². The molecule has 2 aromatic rings. The minimum absolute atomic E-state index is 0. The summed E-state index contributed by atoms with van der Waals surface area (Å²) in [7, 11) is 0. The first kappa shape index (κ1) is 16.0. The molecule has 0 fully saturated rings. The molecule has 0 N–H and O–H groups in total. The number of halogens is 2.